The predicted octanol–water partition coefficient (Wildman–Crippen LogP) is 2.82. The molecule has 2 aromatic carbocycles. The number of nitrogens with zero attached hydrogens (tertiary/aromatic N) is 1. The van der Waals surface area contributed by atoms with Crippen molar-refractivity contribution in [2.75, 3.05) is 12.8 Å². The fourth-order valence-electron chi connectivity index (χ4n) is 2.00. The molecule has 0 aliphatic heterocycles. The first-order valence-electron chi connectivity index (χ1n) is 5.66. The van der Waals surface area contributed by atoms with Gasteiger partial charge in [0, 0.05) is 5.39 Å². The summed E-state index contributed by atoms with van der Waals surface area (Å²) in [6, 6.07) is 14.0. The molecule has 3 rings (SSSR count). The van der Waals surface area contributed by atoms with Gasteiger partial charge in [-0.1, -0.05) is 18.2 Å². The summed E-state index contributed by atoms with van der Waals surface area (Å²) in [4.78, 5) is 0. The van der Waals surface area contributed by atoms with Crippen LogP contribution in [0.4, 0.5) is 5.82 Å². The molecule has 3 N–H and O–H groups in total. The SMILES string of the molecule is COc1ccc(-c2ccc3[nH]nc(N)c3c2)cc1. The van der Waals surface area contributed by atoms with Crippen LogP contribution in [0.15, 0.2) is 42.5 Å². The Labute approximate surface area is 104 Å². The van der Waals surface area contributed by atoms with E-state index < -0.39 is 0 Å². The molecule has 0 spiro atoms. The number of methoxy groups -OCH3 is 1. The number of nitrogens with two attached hydrogens (primary N) is 1. The minimum Gasteiger partial charge on any atom is -0.497 e. The Balaban J connectivity index is 2.09. The molecule has 0 atom stereocenters. The molecule has 90 valence electrons. The van der Waals surface area contributed by atoms with Crippen molar-refractivity contribution in [1.29, 1.82) is 0 Å². The molecule has 0 aliphatic rings. The lowest BCUT2D eigenvalue weighted by atomic mass is 10.0. The molecule has 0 saturated carbocycles. The number of nitrogen functional groups attached to an aromatic ring is 1. The monoisotopic (exact) mass is 239 g/mol. The average molecular weight is 239 g/mol. The fourth-order valence-corrected chi connectivity index (χ4v) is 2.00. The molecule has 4 heteroatoms. The van der Waals surface area contributed by atoms with Gasteiger partial charge in [0.1, 0.15) is 5.75 Å². The van der Waals surface area contributed by atoms with Crippen molar-refractivity contribution >= 4 is 16.7 Å². The maximum Gasteiger partial charge on any atom is 0.153 e. The fraction of sp³-hybridized carbons (Fsp3) is 0.0714. The number of benzene rings is 2. The molecule has 1 aromatic heterocycles. The Kier molecular flexibility index (Phi) is 2.41. The third-order valence-electron chi connectivity index (χ3n) is 3.02. The molecule has 0 fully saturated rings. The van der Waals surface area contributed by atoms with Gasteiger partial charge in [-0.05, 0) is 35.4 Å². The van der Waals surface area contributed by atoms with Gasteiger partial charge in [-0.2, -0.15) is 5.10 Å². The van der Waals surface area contributed by atoms with E-state index in [1.54, 1.807) is 7.11 Å². The summed E-state index contributed by atoms with van der Waals surface area (Å²) in [6.45, 7) is 0. The number of aromatic amines is 1. The van der Waals surface area contributed by atoms with E-state index in [9.17, 15) is 0 Å². The van der Waals surface area contributed by atoms with Gasteiger partial charge in [-0.25, -0.2) is 0 Å². The lowest BCUT2D eigenvalue weighted by molar-refractivity contribution is 0.415. The van der Waals surface area contributed by atoms with Crippen LogP contribution in [0.3, 0.4) is 0 Å². The second-order valence-electron chi connectivity index (χ2n) is 4.10. The molecule has 4 nitrogen and oxygen atoms in total. The van der Waals surface area contributed by atoms with E-state index in [1.165, 1.54) is 0 Å². The van der Waals surface area contributed by atoms with Crippen LogP contribution >= 0.6 is 0 Å². The zero-order chi connectivity index (χ0) is 12.5. The number of nitrogens with one attached hydrogen (secondary N) is 1. The van der Waals surface area contributed by atoms with E-state index in [0.717, 1.165) is 27.8 Å². The summed E-state index contributed by atoms with van der Waals surface area (Å²) in [6.07, 6.45) is 0. The second kappa shape index (κ2) is 4.07. The van der Waals surface area contributed by atoms with Gasteiger partial charge < -0.3 is 10.5 Å². The van der Waals surface area contributed by atoms with Crippen molar-refractivity contribution in [1.82, 2.24) is 10.2 Å². The van der Waals surface area contributed by atoms with E-state index in [4.69, 9.17) is 10.5 Å². The largest absolute Gasteiger partial charge is 0.497 e. The van der Waals surface area contributed by atoms with Crippen LogP contribution in [0.5, 0.6) is 5.75 Å². The van der Waals surface area contributed by atoms with Crippen molar-refractivity contribution in [3.63, 3.8) is 0 Å². The highest BCUT2D eigenvalue weighted by Gasteiger charge is 2.04. The van der Waals surface area contributed by atoms with Crippen molar-refractivity contribution in [3.8, 4) is 16.9 Å². The van der Waals surface area contributed by atoms with Crippen LogP contribution in [0.2, 0.25) is 0 Å². The quantitative estimate of drug-likeness (QED) is 0.722. The Hall–Kier alpha value is -2.49. The summed E-state index contributed by atoms with van der Waals surface area (Å²) in [5.41, 5.74) is 8.99. The number of hydrogen-bond acceptors (Lipinski definition) is 3. The van der Waals surface area contributed by atoms with Gasteiger partial charge in [0.05, 0.1) is 12.6 Å². The van der Waals surface area contributed by atoms with E-state index in [0.29, 0.717) is 5.82 Å². The Morgan fingerprint density at radius 2 is 1.78 bits per heavy atom. The summed E-state index contributed by atoms with van der Waals surface area (Å²) < 4.78 is 5.15. The van der Waals surface area contributed by atoms with Crippen molar-refractivity contribution in [3.05, 3.63) is 42.5 Å². The molecular weight excluding hydrogens is 226 g/mol. The van der Waals surface area contributed by atoms with Crippen molar-refractivity contribution in [2.24, 2.45) is 0 Å². The van der Waals surface area contributed by atoms with Crippen LogP contribution in [0.25, 0.3) is 22.0 Å². The second-order valence-corrected chi connectivity index (χ2v) is 4.10. The third-order valence-corrected chi connectivity index (χ3v) is 3.02. The number of ether oxygens (including phenoxy) is 1. The highest BCUT2D eigenvalue weighted by atomic mass is 16.5. The Morgan fingerprint density at radius 3 is 2.50 bits per heavy atom. The van der Waals surface area contributed by atoms with Gasteiger partial charge >= 0.3 is 0 Å². The molecule has 0 saturated heterocycles. The molecule has 18 heavy (non-hydrogen) atoms. The Bertz CT molecular complexity index is 686. The van der Waals surface area contributed by atoms with Crippen LogP contribution in [-0.4, -0.2) is 17.3 Å². The number of H-pyrrole nitrogens is 1. The van der Waals surface area contributed by atoms with Crippen LogP contribution in [0.1, 0.15) is 0 Å². The topological polar surface area (TPSA) is 63.9 Å². The van der Waals surface area contributed by atoms with Crippen molar-refractivity contribution < 1.29 is 4.74 Å². The summed E-state index contributed by atoms with van der Waals surface area (Å²) in [5, 5.41) is 7.83. The first-order valence-corrected chi connectivity index (χ1v) is 5.66. The van der Waals surface area contributed by atoms with E-state index in [-0.39, 0.29) is 0 Å². The summed E-state index contributed by atoms with van der Waals surface area (Å²) in [7, 11) is 1.66. The van der Waals surface area contributed by atoms with Crippen LogP contribution < -0.4 is 10.5 Å². The first-order chi connectivity index (χ1) is 8.78. The molecule has 0 aliphatic carbocycles. The molecule has 1 heterocycles. The van der Waals surface area contributed by atoms with E-state index in [2.05, 4.69) is 10.2 Å². The third kappa shape index (κ3) is 1.68. The maximum atomic E-state index is 5.81. The molecule has 0 radical (unpaired) electrons. The van der Waals surface area contributed by atoms with Crippen LogP contribution in [-0.2, 0) is 0 Å². The van der Waals surface area contributed by atoms with Crippen molar-refractivity contribution in [2.45, 2.75) is 0 Å². The molecule has 0 unspecified atom stereocenters. The molecule has 0 amide bonds. The zero-order valence-electron chi connectivity index (χ0n) is 9.97. The van der Waals surface area contributed by atoms with Gasteiger partial charge in [-0.3, -0.25) is 5.10 Å². The predicted molar refractivity (Wildman–Crippen MR) is 72.5 cm³/mol. The first kappa shape index (κ1) is 10.7. The Morgan fingerprint density at radius 1 is 1.06 bits per heavy atom. The highest BCUT2D eigenvalue weighted by Crippen LogP contribution is 2.27. The van der Waals surface area contributed by atoms with E-state index >= 15 is 0 Å². The summed E-state index contributed by atoms with van der Waals surface area (Å²) in [5.74, 6) is 1.38. The number of anilines is 1. The van der Waals surface area contributed by atoms with Gasteiger partial charge in [-0.15, -0.1) is 0 Å². The average Bonchev–Trinajstić information content (AvgIpc) is 2.80. The highest BCUT2D eigenvalue weighted by molar-refractivity contribution is 5.92. The maximum absolute atomic E-state index is 5.81. The number of fused-ring (bicyclic) bond motifs is 1. The molecular formula is C14H13N3O. The molecule has 3 aromatic rings. The standard InChI is InChI=1S/C14H13N3O/c1-18-11-5-2-9(3-6-11)10-4-7-13-12(8-10)14(15)17-16-13/h2-8H,1H3,(H3,15,16,17). The van der Waals surface area contributed by atoms with Crippen LogP contribution in [0, 0.1) is 0 Å². The number of aromatic nitrogens is 2. The zero-order valence-corrected chi connectivity index (χ0v) is 9.97. The van der Waals surface area contributed by atoms with E-state index in [1.807, 2.05) is 42.5 Å². The minimum atomic E-state index is 0.528. The molecule has 0 bridgehead atoms. The van der Waals surface area contributed by atoms with Gasteiger partial charge in [0.15, 0.2) is 5.82 Å². The normalized spacial score (nSPS) is 10.7. The minimum absolute atomic E-state index is 0.528. The van der Waals surface area contributed by atoms with Gasteiger partial charge in [0.25, 0.3) is 0 Å². The van der Waals surface area contributed by atoms with Gasteiger partial charge in [0.2, 0.25) is 0 Å². The smallest absolute Gasteiger partial charge is 0.153 e. The lowest BCUT2D eigenvalue weighted by Gasteiger charge is -2.04. The summed E-state index contributed by atoms with van der Waals surface area (Å²) >= 11 is 0. The number of hydrogen-bond donors (Lipinski definition) is 2. The lowest BCUT2D eigenvalue weighted by Crippen LogP contribution is -1.85. The number of rotatable bonds is 2.